The zero-order chi connectivity index (χ0) is 13.2. The molecule has 0 fully saturated rings. The first-order valence-electron chi connectivity index (χ1n) is 6.44. The minimum atomic E-state index is 0.189. The Balaban J connectivity index is 1.96. The Bertz CT molecular complexity index is 585. The van der Waals surface area contributed by atoms with Gasteiger partial charge in [0.2, 0.25) is 0 Å². The Morgan fingerprint density at radius 3 is 2.95 bits per heavy atom. The number of fused-ring (bicyclic) bond motifs is 1. The molecule has 0 saturated carbocycles. The summed E-state index contributed by atoms with van der Waals surface area (Å²) in [5.41, 5.74) is 9.88. The summed E-state index contributed by atoms with van der Waals surface area (Å²) in [7, 11) is 0. The maximum absolute atomic E-state index is 6.01. The molecule has 1 unspecified atom stereocenters. The lowest BCUT2D eigenvalue weighted by Gasteiger charge is -2.29. The fourth-order valence-corrected chi connectivity index (χ4v) is 3.12. The summed E-state index contributed by atoms with van der Waals surface area (Å²) in [5, 5.41) is 0. The van der Waals surface area contributed by atoms with Crippen LogP contribution in [0.15, 0.2) is 47.2 Å². The van der Waals surface area contributed by atoms with E-state index >= 15 is 0 Å². The van der Waals surface area contributed by atoms with E-state index in [4.69, 9.17) is 5.73 Å². The molecule has 1 aliphatic heterocycles. The average molecular weight is 318 g/mol. The minimum Gasteiger partial charge on any atom is -0.363 e. The first kappa shape index (κ1) is 12.6. The largest absolute Gasteiger partial charge is 0.363 e. The van der Waals surface area contributed by atoms with Gasteiger partial charge in [-0.25, -0.2) is 0 Å². The molecular weight excluding hydrogens is 302 g/mol. The lowest BCUT2D eigenvalue weighted by Crippen LogP contribution is -2.32. The van der Waals surface area contributed by atoms with Crippen molar-refractivity contribution in [2.45, 2.75) is 12.5 Å². The van der Waals surface area contributed by atoms with E-state index in [2.05, 4.69) is 56.1 Å². The van der Waals surface area contributed by atoms with Gasteiger partial charge >= 0.3 is 0 Å². The number of pyridine rings is 1. The van der Waals surface area contributed by atoms with Crippen LogP contribution in [0, 0.1) is 0 Å². The van der Waals surface area contributed by atoms with E-state index in [0.29, 0.717) is 6.54 Å². The van der Waals surface area contributed by atoms with Crippen LogP contribution in [0.1, 0.15) is 17.2 Å². The molecule has 0 saturated heterocycles. The van der Waals surface area contributed by atoms with E-state index < -0.39 is 0 Å². The number of para-hydroxylation sites is 1. The van der Waals surface area contributed by atoms with Crippen molar-refractivity contribution in [3.63, 3.8) is 0 Å². The maximum Gasteiger partial charge on any atom is 0.0680 e. The smallest absolute Gasteiger partial charge is 0.0680 e. The highest BCUT2D eigenvalue weighted by Gasteiger charge is 2.26. The molecular formula is C15H16BrN3. The molecule has 0 aliphatic carbocycles. The normalized spacial score (nSPS) is 15.4. The third-order valence-corrected chi connectivity index (χ3v) is 4.07. The van der Waals surface area contributed by atoms with Crippen LogP contribution in [0.5, 0.6) is 0 Å². The van der Waals surface area contributed by atoms with Crippen molar-refractivity contribution in [1.29, 1.82) is 0 Å². The molecule has 0 spiro atoms. The van der Waals surface area contributed by atoms with E-state index in [9.17, 15) is 0 Å². The first-order chi connectivity index (χ1) is 9.29. The highest BCUT2D eigenvalue weighted by molar-refractivity contribution is 9.10. The van der Waals surface area contributed by atoms with Crippen molar-refractivity contribution in [2.24, 2.45) is 5.73 Å². The second-order valence-electron chi connectivity index (χ2n) is 4.76. The fourth-order valence-electron chi connectivity index (χ4n) is 2.74. The van der Waals surface area contributed by atoms with Crippen LogP contribution in [-0.4, -0.2) is 18.1 Å². The molecule has 98 valence electrons. The molecule has 19 heavy (non-hydrogen) atoms. The molecule has 1 aliphatic rings. The molecule has 2 N–H and O–H groups in total. The number of nitrogens with zero attached hydrogens (tertiary/aromatic N) is 2. The quantitative estimate of drug-likeness (QED) is 0.946. The lowest BCUT2D eigenvalue weighted by molar-refractivity contribution is 0.646. The van der Waals surface area contributed by atoms with Gasteiger partial charge in [0.05, 0.1) is 6.04 Å². The molecule has 3 nitrogen and oxygen atoms in total. The van der Waals surface area contributed by atoms with Gasteiger partial charge in [0.1, 0.15) is 0 Å². The van der Waals surface area contributed by atoms with Crippen LogP contribution < -0.4 is 10.6 Å². The number of rotatable bonds is 3. The van der Waals surface area contributed by atoms with Crippen LogP contribution in [-0.2, 0) is 6.42 Å². The summed E-state index contributed by atoms with van der Waals surface area (Å²) in [6.45, 7) is 1.61. The van der Waals surface area contributed by atoms with Crippen LogP contribution in [0.4, 0.5) is 5.69 Å². The zero-order valence-electron chi connectivity index (χ0n) is 10.6. The second kappa shape index (κ2) is 5.31. The van der Waals surface area contributed by atoms with Crippen molar-refractivity contribution >= 4 is 21.6 Å². The molecule has 2 aromatic rings. The summed E-state index contributed by atoms with van der Waals surface area (Å²) in [5.74, 6) is 0. The number of nitrogens with two attached hydrogens (primary N) is 1. The molecule has 1 aromatic heterocycles. The Labute approximate surface area is 121 Å². The molecule has 3 rings (SSSR count). The zero-order valence-corrected chi connectivity index (χ0v) is 12.2. The third-order valence-electron chi connectivity index (χ3n) is 3.63. The molecule has 0 radical (unpaired) electrons. The Morgan fingerprint density at radius 1 is 1.32 bits per heavy atom. The number of hydrogen-bond donors (Lipinski definition) is 1. The topological polar surface area (TPSA) is 42.1 Å². The van der Waals surface area contributed by atoms with Gasteiger partial charge in [-0.1, -0.05) is 18.2 Å². The molecule has 0 bridgehead atoms. The number of halogens is 1. The summed E-state index contributed by atoms with van der Waals surface area (Å²) in [6, 6.07) is 10.8. The fraction of sp³-hybridized carbons (Fsp3) is 0.267. The third kappa shape index (κ3) is 2.38. The van der Waals surface area contributed by atoms with Gasteiger partial charge in [0.15, 0.2) is 0 Å². The Morgan fingerprint density at radius 2 is 2.16 bits per heavy atom. The van der Waals surface area contributed by atoms with Crippen molar-refractivity contribution in [1.82, 2.24) is 4.98 Å². The SMILES string of the molecule is NCC(c1cncc(Br)c1)N1CCc2ccccc21. The van der Waals surface area contributed by atoms with E-state index in [0.717, 1.165) is 23.0 Å². The summed E-state index contributed by atoms with van der Waals surface area (Å²) in [6.07, 6.45) is 4.80. The summed E-state index contributed by atoms with van der Waals surface area (Å²) in [4.78, 5) is 6.64. The monoisotopic (exact) mass is 317 g/mol. The van der Waals surface area contributed by atoms with Crippen LogP contribution in [0.25, 0.3) is 0 Å². The minimum absolute atomic E-state index is 0.189. The molecule has 0 amide bonds. The van der Waals surface area contributed by atoms with Crippen LogP contribution in [0.3, 0.4) is 0 Å². The Hall–Kier alpha value is -1.39. The predicted octanol–water partition coefficient (Wildman–Crippen LogP) is 2.91. The Kier molecular flexibility index (Phi) is 3.53. The van der Waals surface area contributed by atoms with E-state index in [1.165, 1.54) is 11.3 Å². The van der Waals surface area contributed by atoms with Gasteiger partial charge in [-0.2, -0.15) is 0 Å². The van der Waals surface area contributed by atoms with Gasteiger partial charge in [-0.3, -0.25) is 4.98 Å². The molecule has 4 heteroatoms. The van der Waals surface area contributed by atoms with Crippen molar-refractivity contribution < 1.29 is 0 Å². The van der Waals surface area contributed by atoms with E-state index in [1.54, 1.807) is 6.20 Å². The predicted molar refractivity (Wildman–Crippen MR) is 81.2 cm³/mol. The van der Waals surface area contributed by atoms with Gasteiger partial charge in [0, 0.05) is 35.6 Å². The summed E-state index contributed by atoms with van der Waals surface area (Å²) < 4.78 is 0.996. The average Bonchev–Trinajstić information content (AvgIpc) is 2.84. The number of hydrogen-bond acceptors (Lipinski definition) is 3. The number of anilines is 1. The van der Waals surface area contributed by atoms with Gasteiger partial charge in [-0.05, 0) is 45.6 Å². The standard InChI is InChI=1S/C15H16BrN3/c16-13-7-12(9-18-10-13)15(8-17)19-6-5-11-3-1-2-4-14(11)19/h1-4,7,9-10,15H,5-6,8,17H2. The van der Waals surface area contributed by atoms with Crippen LogP contribution in [0.2, 0.25) is 0 Å². The number of benzene rings is 1. The van der Waals surface area contributed by atoms with Gasteiger partial charge in [-0.15, -0.1) is 0 Å². The molecule has 1 aromatic carbocycles. The van der Waals surface area contributed by atoms with Gasteiger partial charge in [0.25, 0.3) is 0 Å². The van der Waals surface area contributed by atoms with Crippen LogP contribution >= 0.6 is 15.9 Å². The van der Waals surface area contributed by atoms with Gasteiger partial charge < -0.3 is 10.6 Å². The highest BCUT2D eigenvalue weighted by atomic mass is 79.9. The van der Waals surface area contributed by atoms with E-state index in [1.807, 2.05) is 6.20 Å². The van der Waals surface area contributed by atoms with Crippen molar-refractivity contribution in [2.75, 3.05) is 18.0 Å². The number of aromatic nitrogens is 1. The van der Waals surface area contributed by atoms with Crippen molar-refractivity contribution in [3.05, 3.63) is 58.3 Å². The molecule has 2 heterocycles. The molecule has 1 atom stereocenters. The highest BCUT2D eigenvalue weighted by Crippen LogP contribution is 2.34. The second-order valence-corrected chi connectivity index (χ2v) is 5.68. The lowest BCUT2D eigenvalue weighted by atomic mass is 10.1. The summed E-state index contributed by atoms with van der Waals surface area (Å²) >= 11 is 3.48. The van der Waals surface area contributed by atoms with Crippen molar-refractivity contribution in [3.8, 4) is 0 Å². The maximum atomic E-state index is 6.01. The van der Waals surface area contributed by atoms with E-state index in [-0.39, 0.29) is 6.04 Å². The first-order valence-corrected chi connectivity index (χ1v) is 7.24.